The van der Waals surface area contributed by atoms with Crippen LogP contribution in [0.3, 0.4) is 0 Å². The summed E-state index contributed by atoms with van der Waals surface area (Å²) in [6.07, 6.45) is 6.33. The number of hydrogen-bond donors (Lipinski definition) is 2. The van der Waals surface area contributed by atoms with E-state index in [2.05, 4.69) is 32.4 Å². The molecule has 1 saturated heterocycles. The van der Waals surface area contributed by atoms with Crippen LogP contribution >= 0.6 is 0 Å². The number of hydrogen-bond acceptors (Lipinski definition) is 5. The number of carbonyl (C=O) groups excluding carboxylic acids is 1. The first-order valence-electron chi connectivity index (χ1n) is 7.82. The average molecular weight is 291 g/mol. The van der Waals surface area contributed by atoms with E-state index in [9.17, 15) is 4.79 Å². The molecular formula is C15H25N5O. The van der Waals surface area contributed by atoms with Gasteiger partial charge in [-0.2, -0.15) is 0 Å². The molecule has 21 heavy (non-hydrogen) atoms. The van der Waals surface area contributed by atoms with Crippen LogP contribution in [-0.4, -0.2) is 53.0 Å². The normalized spacial score (nSPS) is 16.7. The second-order valence-corrected chi connectivity index (χ2v) is 5.41. The Kier molecular flexibility index (Phi) is 5.92. The fraction of sp³-hybridized carbons (Fsp3) is 0.667. The highest BCUT2D eigenvalue weighted by Crippen LogP contribution is 2.11. The first-order chi connectivity index (χ1) is 10.2. The van der Waals surface area contributed by atoms with Crippen LogP contribution in [0, 0.1) is 0 Å². The van der Waals surface area contributed by atoms with E-state index in [-0.39, 0.29) is 11.9 Å². The molecule has 116 valence electrons. The van der Waals surface area contributed by atoms with Crippen molar-refractivity contribution < 1.29 is 4.79 Å². The Morgan fingerprint density at radius 1 is 1.29 bits per heavy atom. The monoisotopic (exact) mass is 291 g/mol. The highest BCUT2D eigenvalue weighted by molar-refractivity contribution is 5.92. The molecule has 6 heteroatoms. The summed E-state index contributed by atoms with van der Waals surface area (Å²) in [4.78, 5) is 22.9. The Morgan fingerprint density at radius 3 is 2.62 bits per heavy atom. The van der Waals surface area contributed by atoms with Gasteiger partial charge >= 0.3 is 0 Å². The summed E-state index contributed by atoms with van der Waals surface area (Å²) in [5.74, 6) is 0.571. The van der Waals surface area contributed by atoms with E-state index in [1.165, 1.54) is 12.6 Å². The van der Waals surface area contributed by atoms with E-state index in [0.717, 1.165) is 39.0 Å². The first kappa shape index (κ1) is 15.7. The highest BCUT2D eigenvalue weighted by Gasteiger charge is 2.21. The second kappa shape index (κ2) is 7.93. The molecule has 0 radical (unpaired) electrons. The molecule has 0 atom stereocenters. The van der Waals surface area contributed by atoms with Gasteiger partial charge in [0.2, 0.25) is 0 Å². The smallest absolute Gasteiger partial charge is 0.271 e. The maximum atomic E-state index is 12.1. The summed E-state index contributed by atoms with van der Waals surface area (Å²) in [5.41, 5.74) is 0.382. The molecule has 0 saturated carbocycles. The first-order valence-corrected chi connectivity index (χ1v) is 7.82. The average Bonchev–Trinajstić information content (AvgIpc) is 2.50. The number of aromatic nitrogens is 2. The number of rotatable bonds is 6. The molecule has 0 aliphatic carbocycles. The van der Waals surface area contributed by atoms with Crippen molar-refractivity contribution >= 4 is 11.7 Å². The van der Waals surface area contributed by atoms with Gasteiger partial charge in [0, 0.05) is 25.7 Å². The van der Waals surface area contributed by atoms with E-state index in [4.69, 9.17) is 0 Å². The van der Waals surface area contributed by atoms with Crippen LogP contribution in [0.2, 0.25) is 0 Å². The minimum atomic E-state index is -0.125. The highest BCUT2D eigenvalue weighted by atomic mass is 16.1. The fourth-order valence-corrected chi connectivity index (χ4v) is 2.59. The maximum absolute atomic E-state index is 12.1. The molecule has 6 nitrogen and oxygen atoms in total. The Balaban J connectivity index is 1.81. The molecule has 1 aliphatic heterocycles. The van der Waals surface area contributed by atoms with E-state index in [1.54, 1.807) is 6.20 Å². The molecule has 0 aromatic carbocycles. The molecule has 2 N–H and O–H groups in total. The Morgan fingerprint density at radius 2 is 2.05 bits per heavy atom. The molecule has 2 heterocycles. The summed E-state index contributed by atoms with van der Waals surface area (Å²) in [6, 6.07) is 0.251. The number of amides is 1. The van der Waals surface area contributed by atoms with Crippen LogP contribution < -0.4 is 10.6 Å². The number of nitrogens with one attached hydrogen (secondary N) is 2. The van der Waals surface area contributed by atoms with Gasteiger partial charge in [0.1, 0.15) is 11.5 Å². The lowest BCUT2D eigenvalue weighted by Gasteiger charge is -2.31. The number of piperidine rings is 1. The van der Waals surface area contributed by atoms with Crippen molar-refractivity contribution in [1.29, 1.82) is 0 Å². The Hall–Kier alpha value is -1.69. The third-order valence-corrected chi connectivity index (χ3v) is 3.71. The molecule has 1 fully saturated rings. The van der Waals surface area contributed by atoms with Crippen LogP contribution in [0.15, 0.2) is 12.4 Å². The molecule has 2 rings (SSSR count). The maximum Gasteiger partial charge on any atom is 0.271 e. The zero-order chi connectivity index (χ0) is 15.1. The molecule has 0 unspecified atom stereocenters. The molecule has 0 spiro atoms. The summed E-state index contributed by atoms with van der Waals surface area (Å²) in [7, 11) is 0. The van der Waals surface area contributed by atoms with Crippen molar-refractivity contribution in [2.75, 3.05) is 31.5 Å². The third-order valence-electron chi connectivity index (χ3n) is 3.71. The SMILES string of the molecule is CCCN1CCC(NC(=O)c2cnc(NCC)cn2)CC1. The van der Waals surface area contributed by atoms with E-state index in [0.29, 0.717) is 11.5 Å². The van der Waals surface area contributed by atoms with Crippen LogP contribution in [0.25, 0.3) is 0 Å². The lowest BCUT2D eigenvalue weighted by atomic mass is 10.0. The molecular weight excluding hydrogens is 266 g/mol. The zero-order valence-corrected chi connectivity index (χ0v) is 12.9. The number of nitrogens with zero attached hydrogens (tertiary/aromatic N) is 3. The van der Waals surface area contributed by atoms with Gasteiger partial charge in [-0.3, -0.25) is 4.79 Å². The summed E-state index contributed by atoms with van der Waals surface area (Å²) in [6.45, 7) is 8.25. The van der Waals surface area contributed by atoms with Crippen molar-refractivity contribution in [2.24, 2.45) is 0 Å². The van der Waals surface area contributed by atoms with Gasteiger partial charge in [0.15, 0.2) is 0 Å². The number of anilines is 1. The molecule has 1 aromatic rings. The zero-order valence-electron chi connectivity index (χ0n) is 12.9. The summed E-state index contributed by atoms with van der Waals surface area (Å²) in [5, 5.41) is 6.12. The topological polar surface area (TPSA) is 70.2 Å². The van der Waals surface area contributed by atoms with E-state index >= 15 is 0 Å². The number of carbonyl (C=O) groups is 1. The fourth-order valence-electron chi connectivity index (χ4n) is 2.59. The van der Waals surface area contributed by atoms with Crippen molar-refractivity contribution in [3.05, 3.63) is 18.1 Å². The minimum Gasteiger partial charge on any atom is -0.369 e. The van der Waals surface area contributed by atoms with Gasteiger partial charge in [0.25, 0.3) is 5.91 Å². The lowest BCUT2D eigenvalue weighted by molar-refractivity contribution is 0.0905. The van der Waals surface area contributed by atoms with Crippen LogP contribution in [0.4, 0.5) is 5.82 Å². The predicted octanol–water partition coefficient (Wildman–Crippen LogP) is 1.51. The molecule has 0 bridgehead atoms. The van der Waals surface area contributed by atoms with Crippen molar-refractivity contribution in [2.45, 2.75) is 39.2 Å². The molecule has 1 amide bonds. The minimum absolute atomic E-state index is 0.125. The van der Waals surface area contributed by atoms with Crippen LogP contribution in [0.1, 0.15) is 43.6 Å². The molecule has 1 aliphatic rings. The summed E-state index contributed by atoms with van der Waals surface area (Å²) >= 11 is 0. The quantitative estimate of drug-likeness (QED) is 0.831. The predicted molar refractivity (Wildman–Crippen MR) is 83.4 cm³/mol. The third kappa shape index (κ3) is 4.67. The van der Waals surface area contributed by atoms with Crippen molar-refractivity contribution in [1.82, 2.24) is 20.2 Å². The van der Waals surface area contributed by atoms with Gasteiger partial charge < -0.3 is 15.5 Å². The van der Waals surface area contributed by atoms with Gasteiger partial charge in [-0.15, -0.1) is 0 Å². The number of likely N-dealkylation sites (tertiary alicyclic amines) is 1. The van der Waals surface area contributed by atoms with Gasteiger partial charge in [0.05, 0.1) is 12.4 Å². The van der Waals surface area contributed by atoms with Gasteiger partial charge in [-0.25, -0.2) is 9.97 Å². The van der Waals surface area contributed by atoms with Gasteiger partial charge in [-0.05, 0) is 32.7 Å². The van der Waals surface area contributed by atoms with Gasteiger partial charge in [-0.1, -0.05) is 6.92 Å². The molecule has 1 aromatic heterocycles. The second-order valence-electron chi connectivity index (χ2n) is 5.41. The van der Waals surface area contributed by atoms with E-state index in [1.807, 2.05) is 6.92 Å². The Bertz CT molecular complexity index is 440. The van der Waals surface area contributed by atoms with E-state index < -0.39 is 0 Å². The Labute approximate surface area is 126 Å². The largest absolute Gasteiger partial charge is 0.369 e. The van der Waals surface area contributed by atoms with Crippen LogP contribution in [-0.2, 0) is 0 Å². The standard InChI is InChI=1S/C15H25N5O/c1-3-7-20-8-5-12(6-9-20)19-15(21)13-10-18-14(11-17-13)16-4-2/h10-12H,3-9H2,1-2H3,(H,16,18)(H,19,21). The van der Waals surface area contributed by atoms with Crippen molar-refractivity contribution in [3.8, 4) is 0 Å². The van der Waals surface area contributed by atoms with Crippen LogP contribution in [0.5, 0.6) is 0 Å². The van der Waals surface area contributed by atoms with Crippen molar-refractivity contribution in [3.63, 3.8) is 0 Å². The lowest BCUT2D eigenvalue weighted by Crippen LogP contribution is -2.45. The summed E-state index contributed by atoms with van der Waals surface area (Å²) < 4.78 is 0.